The summed E-state index contributed by atoms with van der Waals surface area (Å²) in [7, 11) is 1.39. The summed E-state index contributed by atoms with van der Waals surface area (Å²) >= 11 is 0. The minimum atomic E-state index is -1.61. The number of amides is 1. The van der Waals surface area contributed by atoms with Gasteiger partial charge in [-0.1, -0.05) is 183 Å². The summed E-state index contributed by atoms with van der Waals surface area (Å²) in [5.41, 5.74) is 3.84. The van der Waals surface area contributed by atoms with Gasteiger partial charge in [-0.2, -0.15) is 0 Å². The zero-order valence-electron chi connectivity index (χ0n) is 51.7. The minimum Gasteiger partial charge on any atom is -0.469 e. The van der Waals surface area contributed by atoms with Gasteiger partial charge in [-0.15, -0.1) is 0 Å². The molecule has 1 unspecified atom stereocenters. The van der Waals surface area contributed by atoms with E-state index in [0.717, 1.165) is 48.8 Å². The molecule has 15 atom stereocenters. The molecule has 484 valence electrons. The Kier molecular flexibility index (Phi) is 25.2. The fraction of sp³-hybridized carbons (Fsp3) is 0.444. The Bertz CT molecular complexity index is 3130. The van der Waals surface area contributed by atoms with Crippen LogP contribution in [-0.4, -0.2) is 137 Å². The second-order valence-electron chi connectivity index (χ2n) is 23.1. The number of fused-ring (bicyclic) bond motifs is 1. The highest BCUT2D eigenvalue weighted by molar-refractivity contribution is 5.90. The first kappa shape index (κ1) is 66.7. The Morgan fingerprint density at radius 1 is 0.516 bits per heavy atom. The second kappa shape index (κ2) is 34.4. The van der Waals surface area contributed by atoms with E-state index in [1.54, 1.807) is 60.7 Å². The highest BCUT2D eigenvalue weighted by Gasteiger charge is 2.58. The standard InChI is InChI=1S/C72H83NO18/c1-48-42-56(81-44-51-30-16-9-17-31-51)63(82-45-52-32-18-10-19-33-52)71(84-48)91-64-60(73-49(2)74)70(80-41-27-7-5-4-6-26-40-59(75)78-3)85-57(46-79-43-50-28-14-8-15-29-50)61(64)90-72-66(88-68(77)54-36-22-12-23-37-54)65(87-67(76)53-34-20-11-21-35-53)62-58(86-72)47-83-69(89-62)55-38-24-13-25-39-55/h8-25,28-39,48,56-58,60-66,69-72H,4-7,26-27,40-47H2,1-3H3,(H,73,74)/t48-,56+,57+,58+,60+,61+,62-,63-,64+,65-,66+,69?,70+,71-,72-/m0/s1. The van der Waals surface area contributed by atoms with Crippen molar-refractivity contribution < 1.29 is 85.5 Å². The highest BCUT2D eigenvalue weighted by Crippen LogP contribution is 2.41. The van der Waals surface area contributed by atoms with Gasteiger partial charge in [0.25, 0.3) is 0 Å². The van der Waals surface area contributed by atoms with Gasteiger partial charge >= 0.3 is 17.9 Å². The van der Waals surface area contributed by atoms with Gasteiger partial charge in [-0.05, 0) is 60.7 Å². The van der Waals surface area contributed by atoms with Gasteiger partial charge in [0.05, 0.1) is 63.5 Å². The van der Waals surface area contributed by atoms with Crippen molar-refractivity contribution in [3.05, 3.63) is 215 Å². The molecule has 4 fully saturated rings. The molecule has 0 aromatic heterocycles. The van der Waals surface area contributed by atoms with Gasteiger partial charge in [0, 0.05) is 31.9 Å². The van der Waals surface area contributed by atoms with E-state index >= 15 is 0 Å². The maximum absolute atomic E-state index is 14.7. The third-order valence-electron chi connectivity index (χ3n) is 16.3. The van der Waals surface area contributed by atoms with E-state index in [4.69, 9.17) is 66.3 Å². The Balaban J connectivity index is 1.05. The molecule has 10 rings (SSSR count). The summed E-state index contributed by atoms with van der Waals surface area (Å²) in [6.07, 6.45) is -10.00. The summed E-state index contributed by atoms with van der Waals surface area (Å²) < 4.78 is 94.0. The number of benzene rings is 6. The number of hydrogen-bond acceptors (Lipinski definition) is 18. The molecular formula is C72H83NO18. The molecule has 0 aliphatic carbocycles. The summed E-state index contributed by atoms with van der Waals surface area (Å²) in [6.45, 7) is 3.91. The molecule has 6 aromatic carbocycles. The van der Waals surface area contributed by atoms with Crippen molar-refractivity contribution in [2.75, 3.05) is 26.9 Å². The Morgan fingerprint density at radius 2 is 1.04 bits per heavy atom. The largest absolute Gasteiger partial charge is 0.469 e. The lowest BCUT2D eigenvalue weighted by Crippen LogP contribution is -2.70. The molecule has 0 saturated carbocycles. The third-order valence-corrected chi connectivity index (χ3v) is 16.3. The first-order valence-electron chi connectivity index (χ1n) is 31.6. The predicted octanol–water partition coefficient (Wildman–Crippen LogP) is 10.7. The topological polar surface area (TPSA) is 210 Å². The van der Waals surface area contributed by atoms with Crippen LogP contribution in [0, 0.1) is 0 Å². The van der Waals surface area contributed by atoms with Crippen LogP contribution in [0.5, 0.6) is 0 Å². The molecule has 19 nitrogen and oxygen atoms in total. The van der Waals surface area contributed by atoms with E-state index in [9.17, 15) is 19.2 Å². The molecule has 91 heavy (non-hydrogen) atoms. The van der Waals surface area contributed by atoms with Crippen molar-refractivity contribution in [3.8, 4) is 0 Å². The van der Waals surface area contributed by atoms with Crippen LogP contribution in [0.25, 0.3) is 0 Å². The predicted molar refractivity (Wildman–Crippen MR) is 331 cm³/mol. The lowest BCUT2D eigenvalue weighted by atomic mass is 9.94. The van der Waals surface area contributed by atoms with Crippen LogP contribution >= 0.6 is 0 Å². The Morgan fingerprint density at radius 3 is 1.65 bits per heavy atom. The Labute approximate surface area is 532 Å². The highest BCUT2D eigenvalue weighted by atomic mass is 16.8. The van der Waals surface area contributed by atoms with E-state index in [0.29, 0.717) is 24.8 Å². The summed E-state index contributed by atoms with van der Waals surface area (Å²) in [4.78, 5) is 54.9. The number of rotatable bonds is 30. The number of carbonyl (C=O) groups is 4. The second-order valence-corrected chi connectivity index (χ2v) is 23.1. The van der Waals surface area contributed by atoms with Crippen LogP contribution < -0.4 is 5.32 Å². The number of esters is 3. The monoisotopic (exact) mass is 1250 g/mol. The van der Waals surface area contributed by atoms with Gasteiger partial charge < -0.3 is 71.6 Å². The van der Waals surface area contributed by atoms with Crippen LogP contribution in [0.3, 0.4) is 0 Å². The van der Waals surface area contributed by atoms with E-state index in [1.165, 1.54) is 14.0 Å². The molecule has 4 heterocycles. The molecule has 1 amide bonds. The molecule has 6 aromatic rings. The van der Waals surface area contributed by atoms with Crippen molar-refractivity contribution in [1.29, 1.82) is 0 Å². The van der Waals surface area contributed by atoms with Crippen molar-refractivity contribution in [2.45, 2.75) is 177 Å². The number of carbonyl (C=O) groups excluding carboxylic acids is 4. The summed E-state index contributed by atoms with van der Waals surface area (Å²) in [5.74, 6) is -2.18. The molecule has 0 bridgehead atoms. The van der Waals surface area contributed by atoms with Crippen LogP contribution in [0.1, 0.15) is 114 Å². The fourth-order valence-corrected chi connectivity index (χ4v) is 11.7. The zero-order valence-corrected chi connectivity index (χ0v) is 51.7. The number of methoxy groups -OCH3 is 1. The van der Waals surface area contributed by atoms with Gasteiger partial charge in [0.2, 0.25) is 5.91 Å². The normalized spacial score (nSPS) is 27.2. The quantitative estimate of drug-likeness (QED) is 0.0252. The molecule has 4 aliphatic heterocycles. The molecule has 19 heteroatoms. The molecule has 0 radical (unpaired) electrons. The van der Waals surface area contributed by atoms with Crippen LogP contribution in [0.4, 0.5) is 0 Å². The van der Waals surface area contributed by atoms with Gasteiger partial charge in [-0.25, -0.2) is 9.59 Å². The maximum atomic E-state index is 14.7. The van der Waals surface area contributed by atoms with E-state index in [2.05, 4.69) is 5.32 Å². The Hall–Kier alpha value is -7.24. The van der Waals surface area contributed by atoms with Crippen molar-refractivity contribution in [2.24, 2.45) is 0 Å². The third kappa shape index (κ3) is 19.2. The zero-order chi connectivity index (χ0) is 63.2. The van der Waals surface area contributed by atoms with Gasteiger partial charge in [0.15, 0.2) is 37.4 Å². The number of ether oxygens (including phenoxy) is 14. The SMILES string of the molecule is COC(=O)CCCCCCCCO[C@@H]1O[C@H](COCc2ccccc2)[C@@H](O[C@@H]2O[C@@H]3COC(c4ccccc4)O[C@@H]3[C@H](OC(=O)c3ccccc3)[C@H]2OC(=O)c2ccccc2)[C@H](O[C@@H]2O[C@@H](C)C[C@@H](OCc3ccccc3)[C@@H]2OCc2ccccc2)[C@H]1NC(C)=O. The first-order chi connectivity index (χ1) is 44.6. The van der Waals surface area contributed by atoms with Crippen LogP contribution in [0.15, 0.2) is 182 Å². The lowest BCUT2D eigenvalue weighted by molar-refractivity contribution is -0.390. The molecular weight excluding hydrogens is 1170 g/mol. The summed E-state index contributed by atoms with van der Waals surface area (Å²) in [5, 5.41) is 3.12. The smallest absolute Gasteiger partial charge is 0.338 e. The van der Waals surface area contributed by atoms with Crippen molar-refractivity contribution >= 4 is 23.8 Å². The van der Waals surface area contributed by atoms with E-state index < -0.39 is 110 Å². The number of unbranched alkanes of at least 4 members (excludes halogenated alkanes) is 5. The summed E-state index contributed by atoms with van der Waals surface area (Å²) in [6, 6.07) is 54.2. The van der Waals surface area contributed by atoms with Crippen molar-refractivity contribution in [1.82, 2.24) is 5.32 Å². The van der Waals surface area contributed by atoms with Crippen LogP contribution in [0.2, 0.25) is 0 Å². The molecule has 1 N–H and O–H groups in total. The minimum absolute atomic E-state index is 0.0793. The molecule has 0 spiro atoms. The average Bonchev–Trinajstić information content (AvgIpc) is 0.863. The van der Waals surface area contributed by atoms with Gasteiger partial charge in [-0.3, -0.25) is 9.59 Å². The lowest BCUT2D eigenvalue weighted by Gasteiger charge is -2.52. The van der Waals surface area contributed by atoms with Gasteiger partial charge in [0.1, 0.15) is 42.7 Å². The van der Waals surface area contributed by atoms with E-state index in [-0.39, 0.29) is 56.7 Å². The average molecular weight is 1250 g/mol. The van der Waals surface area contributed by atoms with Crippen molar-refractivity contribution in [3.63, 3.8) is 0 Å². The van der Waals surface area contributed by atoms with E-state index in [1.807, 2.05) is 128 Å². The van der Waals surface area contributed by atoms with Crippen LogP contribution in [-0.2, 0) is 95.7 Å². The fourth-order valence-electron chi connectivity index (χ4n) is 11.7. The maximum Gasteiger partial charge on any atom is 0.338 e. The number of hydrogen-bond donors (Lipinski definition) is 1. The molecule has 4 aliphatic rings. The first-order valence-corrected chi connectivity index (χ1v) is 31.6. The molecule has 4 saturated heterocycles. The number of nitrogens with one attached hydrogen (secondary N) is 1.